The van der Waals surface area contributed by atoms with Crippen LogP contribution in [0.25, 0.3) is 0 Å². The number of ether oxygens (including phenoxy) is 1. The third-order valence-electron chi connectivity index (χ3n) is 3.09. The Labute approximate surface area is 114 Å². The van der Waals surface area contributed by atoms with Crippen molar-refractivity contribution in [3.05, 3.63) is 18.0 Å². The maximum atomic E-state index is 13.0. The SMILES string of the molecule is COC(=O)c1cc(NC(=O)C2CC(F)(F)CN2)cn1C. The summed E-state index contributed by atoms with van der Waals surface area (Å²) < 4.78 is 32.1. The predicted octanol–water partition coefficient (Wildman–Crippen LogP) is 0.747. The largest absolute Gasteiger partial charge is 0.464 e. The molecule has 1 saturated heterocycles. The molecule has 1 fully saturated rings. The Bertz CT molecular complexity index is 542. The average Bonchev–Trinajstić information content (AvgIpc) is 2.91. The van der Waals surface area contributed by atoms with Crippen molar-refractivity contribution in [1.82, 2.24) is 9.88 Å². The van der Waals surface area contributed by atoms with Crippen molar-refractivity contribution in [3.63, 3.8) is 0 Å². The number of nitrogens with one attached hydrogen (secondary N) is 2. The minimum atomic E-state index is -2.87. The number of hydrogen-bond acceptors (Lipinski definition) is 4. The lowest BCUT2D eigenvalue weighted by Gasteiger charge is -2.09. The summed E-state index contributed by atoms with van der Waals surface area (Å²) >= 11 is 0. The number of amides is 1. The fourth-order valence-corrected chi connectivity index (χ4v) is 2.07. The summed E-state index contributed by atoms with van der Waals surface area (Å²) in [5, 5.41) is 4.96. The second-order valence-electron chi connectivity index (χ2n) is 4.70. The van der Waals surface area contributed by atoms with E-state index in [2.05, 4.69) is 15.4 Å². The van der Waals surface area contributed by atoms with Gasteiger partial charge in [0.25, 0.3) is 5.92 Å². The lowest BCUT2D eigenvalue weighted by atomic mass is 10.2. The lowest BCUT2D eigenvalue weighted by molar-refractivity contribution is -0.118. The molecule has 2 heterocycles. The molecule has 1 amide bonds. The molecule has 20 heavy (non-hydrogen) atoms. The van der Waals surface area contributed by atoms with E-state index in [1.165, 1.54) is 23.9 Å². The Hall–Kier alpha value is -1.96. The van der Waals surface area contributed by atoms with Gasteiger partial charge in [0.05, 0.1) is 25.4 Å². The zero-order valence-electron chi connectivity index (χ0n) is 11.1. The van der Waals surface area contributed by atoms with E-state index in [9.17, 15) is 18.4 Å². The highest BCUT2D eigenvalue weighted by Crippen LogP contribution is 2.26. The van der Waals surface area contributed by atoms with Gasteiger partial charge in [-0.2, -0.15) is 0 Å². The van der Waals surface area contributed by atoms with Crippen molar-refractivity contribution in [2.24, 2.45) is 7.05 Å². The quantitative estimate of drug-likeness (QED) is 0.805. The zero-order valence-corrected chi connectivity index (χ0v) is 11.1. The van der Waals surface area contributed by atoms with Crippen LogP contribution in [0, 0.1) is 0 Å². The molecule has 0 spiro atoms. The molecule has 2 rings (SSSR count). The van der Waals surface area contributed by atoms with Crippen LogP contribution in [0.2, 0.25) is 0 Å². The minimum absolute atomic E-state index is 0.257. The summed E-state index contributed by atoms with van der Waals surface area (Å²) in [5.41, 5.74) is 0.613. The molecule has 1 aliphatic rings. The molecule has 110 valence electrons. The van der Waals surface area contributed by atoms with E-state index in [4.69, 9.17) is 0 Å². The number of esters is 1. The summed E-state index contributed by atoms with van der Waals surface area (Å²) in [6.45, 7) is -0.507. The van der Waals surface area contributed by atoms with E-state index < -0.39 is 36.8 Å². The fraction of sp³-hybridized carbons (Fsp3) is 0.500. The first kappa shape index (κ1) is 14.4. The van der Waals surface area contributed by atoms with Gasteiger partial charge >= 0.3 is 5.97 Å². The number of aryl methyl sites for hydroxylation is 1. The van der Waals surface area contributed by atoms with Gasteiger partial charge in [0.15, 0.2) is 0 Å². The van der Waals surface area contributed by atoms with E-state index in [1.807, 2.05) is 0 Å². The topological polar surface area (TPSA) is 72.4 Å². The molecule has 6 nitrogen and oxygen atoms in total. The van der Waals surface area contributed by atoms with Crippen molar-refractivity contribution in [3.8, 4) is 0 Å². The number of hydrogen-bond donors (Lipinski definition) is 2. The molecule has 1 atom stereocenters. The number of nitrogens with zero attached hydrogens (tertiary/aromatic N) is 1. The van der Waals surface area contributed by atoms with Crippen LogP contribution in [-0.2, 0) is 16.6 Å². The number of halogens is 2. The number of carbonyl (C=O) groups is 2. The van der Waals surface area contributed by atoms with Crippen molar-refractivity contribution in [2.75, 3.05) is 19.0 Å². The van der Waals surface area contributed by atoms with Crippen LogP contribution in [0.15, 0.2) is 12.3 Å². The number of rotatable bonds is 3. The van der Waals surface area contributed by atoms with Crippen LogP contribution in [0.3, 0.4) is 0 Å². The molecular weight excluding hydrogens is 272 g/mol. The summed E-state index contributed by atoms with van der Waals surface area (Å²) in [7, 11) is 2.86. The molecular formula is C12H15F2N3O3. The van der Waals surface area contributed by atoms with Crippen molar-refractivity contribution >= 4 is 17.6 Å². The van der Waals surface area contributed by atoms with Gasteiger partial charge in [0.1, 0.15) is 5.69 Å². The number of aromatic nitrogens is 1. The predicted molar refractivity (Wildman–Crippen MR) is 66.7 cm³/mol. The third-order valence-corrected chi connectivity index (χ3v) is 3.09. The van der Waals surface area contributed by atoms with Crippen LogP contribution >= 0.6 is 0 Å². The van der Waals surface area contributed by atoms with Gasteiger partial charge in [0.2, 0.25) is 5.91 Å². The fourth-order valence-electron chi connectivity index (χ4n) is 2.07. The number of anilines is 1. The van der Waals surface area contributed by atoms with Crippen LogP contribution in [0.1, 0.15) is 16.9 Å². The summed E-state index contributed by atoms with van der Waals surface area (Å²) in [5.74, 6) is -3.96. The Kier molecular flexibility index (Phi) is 3.76. The Morgan fingerprint density at radius 2 is 2.25 bits per heavy atom. The van der Waals surface area contributed by atoms with Crippen molar-refractivity contribution < 1.29 is 23.1 Å². The van der Waals surface area contributed by atoms with E-state index in [-0.39, 0.29) is 5.69 Å². The van der Waals surface area contributed by atoms with Crippen LogP contribution in [0.5, 0.6) is 0 Å². The highest BCUT2D eigenvalue weighted by atomic mass is 19.3. The standard InChI is InChI=1S/C12H15F2N3O3/c1-17-5-7(3-9(17)11(19)20-2)16-10(18)8-4-12(13,14)6-15-8/h3,5,8,15H,4,6H2,1-2H3,(H,16,18). The first-order valence-corrected chi connectivity index (χ1v) is 5.99. The Morgan fingerprint density at radius 3 is 2.80 bits per heavy atom. The molecule has 2 N–H and O–H groups in total. The van der Waals surface area contributed by atoms with E-state index in [1.54, 1.807) is 7.05 Å². The second kappa shape index (κ2) is 5.20. The van der Waals surface area contributed by atoms with Crippen molar-refractivity contribution in [2.45, 2.75) is 18.4 Å². The summed E-state index contributed by atoms with van der Waals surface area (Å²) in [6, 6.07) is 0.489. The van der Waals surface area contributed by atoms with Crippen LogP contribution < -0.4 is 10.6 Å². The monoisotopic (exact) mass is 287 g/mol. The summed E-state index contributed by atoms with van der Waals surface area (Å²) in [6.07, 6.45) is 0.979. The molecule has 1 unspecified atom stereocenters. The second-order valence-corrected chi connectivity index (χ2v) is 4.70. The van der Waals surface area contributed by atoms with Gasteiger partial charge in [-0.05, 0) is 6.07 Å². The van der Waals surface area contributed by atoms with Crippen LogP contribution in [0.4, 0.5) is 14.5 Å². The normalized spacial score (nSPS) is 20.7. The molecule has 1 aromatic heterocycles. The molecule has 0 bridgehead atoms. The van der Waals surface area contributed by atoms with Crippen molar-refractivity contribution in [1.29, 1.82) is 0 Å². The maximum absolute atomic E-state index is 13.0. The average molecular weight is 287 g/mol. The van der Waals surface area contributed by atoms with Crippen LogP contribution in [-0.4, -0.2) is 42.1 Å². The molecule has 0 saturated carbocycles. The number of alkyl halides is 2. The number of carbonyl (C=O) groups excluding carboxylic acids is 2. The Balaban J connectivity index is 2.04. The third kappa shape index (κ3) is 2.96. The molecule has 1 aromatic rings. The van der Waals surface area contributed by atoms with Gasteiger partial charge in [-0.1, -0.05) is 0 Å². The lowest BCUT2D eigenvalue weighted by Crippen LogP contribution is -2.35. The highest BCUT2D eigenvalue weighted by molar-refractivity contribution is 5.97. The minimum Gasteiger partial charge on any atom is -0.464 e. The Morgan fingerprint density at radius 1 is 1.55 bits per heavy atom. The van der Waals surface area contributed by atoms with Gasteiger partial charge in [-0.3, -0.25) is 10.1 Å². The maximum Gasteiger partial charge on any atom is 0.354 e. The molecule has 0 aliphatic carbocycles. The molecule has 1 aliphatic heterocycles. The number of methoxy groups -OCH3 is 1. The highest BCUT2D eigenvalue weighted by Gasteiger charge is 2.42. The van der Waals surface area contributed by atoms with E-state index in [0.29, 0.717) is 5.69 Å². The van der Waals surface area contributed by atoms with Gasteiger partial charge < -0.3 is 14.6 Å². The van der Waals surface area contributed by atoms with E-state index >= 15 is 0 Å². The zero-order chi connectivity index (χ0) is 14.9. The first-order chi connectivity index (χ1) is 9.32. The van der Waals surface area contributed by atoms with Gasteiger partial charge in [-0.25, -0.2) is 13.6 Å². The van der Waals surface area contributed by atoms with Gasteiger partial charge in [0, 0.05) is 19.7 Å². The summed E-state index contributed by atoms with van der Waals surface area (Å²) in [4.78, 5) is 23.2. The molecule has 8 heteroatoms. The smallest absolute Gasteiger partial charge is 0.354 e. The first-order valence-electron chi connectivity index (χ1n) is 5.99. The van der Waals surface area contributed by atoms with Gasteiger partial charge in [-0.15, -0.1) is 0 Å². The molecule has 0 aromatic carbocycles. The molecule has 0 radical (unpaired) electrons. The van der Waals surface area contributed by atoms with E-state index in [0.717, 1.165) is 0 Å².